The van der Waals surface area contributed by atoms with Crippen LogP contribution >= 0.6 is 0 Å². The first kappa shape index (κ1) is 21.1. The van der Waals surface area contributed by atoms with Crippen LogP contribution in [0, 0.1) is 5.92 Å². The molecule has 138 valence electrons. The number of hydrogen-bond donors (Lipinski definition) is 0. The number of cyclic esters (lactones) is 2. The molecule has 0 amide bonds. The second kappa shape index (κ2) is 11.6. The third-order valence-corrected chi connectivity index (χ3v) is 7.41. The fourth-order valence-corrected chi connectivity index (χ4v) is 4.18. The molecule has 24 heavy (non-hydrogen) atoms. The SMILES string of the molecule is CO[Si](C)(C)CCCCCCCCC/C=C/CC1CC(=O)OC1=O. The average Bonchev–Trinajstić information content (AvgIpc) is 2.86. The molecule has 1 atom stereocenters. The highest BCUT2D eigenvalue weighted by Gasteiger charge is 2.32. The van der Waals surface area contributed by atoms with Gasteiger partial charge in [0.1, 0.15) is 0 Å². The van der Waals surface area contributed by atoms with Crippen LogP contribution in [0.1, 0.15) is 64.2 Å². The van der Waals surface area contributed by atoms with Gasteiger partial charge in [-0.05, 0) is 38.4 Å². The van der Waals surface area contributed by atoms with Gasteiger partial charge in [-0.2, -0.15) is 0 Å². The van der Waals surface area contributed by atoms with Gasteiger partial charge >= 0.3 is 11.9 Å². The Hall–Kier alpha value is -0.943. The molecule has 5 heteroatoms. The Kier molecular flexibility index (Phi) is 10.2. The highest BCUT2D eigenvalue weighted by Crippen LogP contribution is 2.20. The van der Waals surface area contributed by atoms with E-state index in [9.17, 15) is 9.59 Å². The summed E-state index contributed by atoms with van der Waals surface area (Å²) in [6.45, 7) is 4.57. The zero-order valence-electron chi connectivity index (χ0n) is 15.6. The molecule has 4 nitrogen and oxygen atoms in total. The molecule has 0 N–H and O–H groups in total. The van der Waals surface area contributed by atoms with Gasteiger partial charge in [0.25, 0.3) is 0 Å². The van der Waals surface area contributed by atoms with Crippen molar-refractivity contribution in [3.63, 3.8) is 0 Å². The summed E-state index contributed by atoms with van der Waals surface area (Å²) in [4.78, 5) is 22.2. The minimum absolute atomic E-state index is 0.243. The first-order valence-electron chi connectivity index (χ1n) is 9.39. The van der Waals surface area contributed by atoms with Crippen LogP contribution in [-0.2, 0) is 18.8 Å². The molecule has 1 fully saturated rings. The third kappa shape index (κ3) is 9.38. The van der Waals surface area contributed by atoms with Crippen LogP contribution in [0.15, 0.2) is 12.2 Å². The lowest BCUT2D eigenvalue weighted by atomic mass is 10.0. The molecule has 1 heterocycles. The Morgan fingerprint density at radius 2 is 1.67 bits per heavy atom. The number of esters is 2. The van der Waals surface area contributed by atoms with Crippen molar-refractivity contribution in [1.29, 1.82) is 0 Å². The monoisotopic (exact) mass is 354 g/mol. The third-order valence-electron chi connectivity index (χ3n) is 4.75. The van der Waals surface area contributed by atoms with Gasteiger partial charge in [0.05, 0.1) is 12.3 Å². The van der Waals surface area contributed by atoms with Crippen molar-refractivity contribution in [1.82, 2.24) is 0 Å². The van der Waals surface area contributed by atoms with E-state index in [1.54, 1.807) is 0 Å². The van der Waals surface area contributed by atoms with E-state index < -0.39 is 8.32 Å². The number of carbonyl (C=O) groups excluding carboxylic acids is 2. The summed E-state index contributed by atoms with van der Waals surface area (Å²) in [7, 11) is 0.502. The molecular weight excluding hydrogens is 320 g/mol. The van der Waals surface area contributed by atoms with E-state index in [0.29, 0.717) is 6.42 Å². The quantitative estimate of drug-likeness (QED) is 0.154. The Balaban J connectivity index is 1.88. The molecule has 0 radical (unpaired) electrons. The molecule has 0 aromatic rings. The van der Waals surface area contributed by atoms with Crippen LogP contribution in [0.2, 0.25) is 19.1 Å². The van der Waals surface area contributed by atoms with E-state index in [2.05, 4.69) is 23.9 Å². The lowest BCUT2D eigenvalue weighted by Gasteiger charge is -2.19. The van der Waals surface area contributed by atoms with E-state index in [-0.39, 0.29) is 24.3 Å². The predicted molar refractivity (Wildman–Crippen MR) is 99.2 cm³/mol. The molecule has 1 aliphatic rings. The van der Waals surface area contributed by atoms with Gasteiger partial charge in [0.2, 0.25) is 0 Å². The summed E-state index contributed by atoms with van der Waals surface area (Å²) >= 11 is 0. The van der Waals surface area contributed by atoms with E-state index in [4.69, 9.17) is 4.43 Å². The highest BCUT2D eigenvalue weighted by molar-refractivity contribution is 6.71. The summed E-state index contributed by atoms with van der Waals surface area (Å²) in [5.41, 5.74) is 0. The Bertz CT molecular complexity index is 418. The second-order valence-electron chi connectivity index (χ2n) is 7.38. The maximum Gasteiger partial charge on any atom is 0.317 e. The van der Waals surface area contributed by atoms with Crippen molar-refractivity contribution in [3.05, 3.63) is 12.2 Å². The van der Waals surface area contributed by atoms with E-state index in [1.165, 1.54) is 51.0 Å². The smallest absolute Gasteiger partial charge is 0.317 e. The van der Waals surface area contributed by atoms with Gasteiger partial charge in [-0.3, -0.25) is 9.59 Å². The molecule has 0 aliphatic carbocycles. The van der Waals surface area contributed by atoms with Gasteiger partial charge in [0, 0.05) is 7.11 Å². The number of rotatable bonds is 13. The second-order valence-corrected chi connectivity index (χ2v) is 11.8. The summed E-state index contributed by atoms with van der Waals surface area (Å²) < 4.78 is 10.1. The number of unbranched alkanes of at least 4 members (excludes halogenated alkanes) is 7. The van der Waals surface area contributed by atoms with Crippen LogP contribution in [-0.4, -0.2) is 27.4 Å². The molecule has 0 aromatic carbocycles. The van der Waals surface area contributed by atoms with Gasteiger partial charge < -0.3 is 9.16 Å². The fraction of sp³-hybridized carbons (Fsp3) is 0.789. The van der Waals surface area contributed by atoms with Crippen LogP contribution in [0.25, 0.3) is 0 Å². The summed E-state index contributed by atoms with van der Waals surface area (Å²) in [5, 5.41) is 0. The van der Waals surface area contributed by atoms with Crippen molar-refractivity contribution in [2.45, 2.75) is 83.3 Å². The van der Waals surface area contributed by atoms with Crippen molar-refractivity contribution in [2.75, 3.05) is 7.11 Å². The fourth-order valence-electron chi connectivity index (χ4n) is 2.88. The molecule has 1 rings (SSSR count). The summed E-state index contributed by atoms with van der Waals surface area (Å²) in [6, 6.07) is 1.27. The van der Waals surface area contributed by atoms with Crippen LogP contribution in [0.4, 0.5) is 0 Å². The molecule has 1 aliphatic heterocycles. The number of allylic oxidation sites excluding steroid dienone is 2. The van der Waals surface area contributed by atoms with Gasteiger partial charge in [0.15, 0.2) is 8.32 Å². The standard InChI is InChI=1S/C19H34O4Si/c1-22-24(2,3)15-13-11-9-7-5-4-6-8-10-12-14-17-16-18(20)23-19(17)21/h10,12,17H,4-9,11,13-16H2,1-3H3/b12-10+. The molecule has 0 aromatic heterocycles. The van der Waals surface area contributed by atoms with Crippen molar-refractivity contribution >= 4 is 20.3 Å². The van der Waals surface area contributed by atoms with Gasteiger partial charge in [-0.1, -0.05) is 50.7 Å². The van der Waals surface area contributed by atoms with E-state index in [0.717, 1.165) is 6.42 Å². The molecule has 0 bridgehead atoms. The molecule has 0 saturated carbocycles. The number of hydrogen-bond acceptors (Lipinski definition) is 4. The lowest BCUT2D eigenvalue weighted by molar-refractivity contribution is -0.153. The van der Waals surface area contributed by atoms with Crippen LogP contribution < -0.4 is 0 Å². The normalized spacial score (nSPS) is 18.5. The predicted octanol–water partition coefficient (Wildman–Crippen LogP) is 4.99. The topological polar surface area (TPSA) is 52.6 Å². The lowest BCUT2D eigenvalue weighted by Crippen LogP contribution is -2.27. The summed E-state index contributed by atoms with van der Waals surface area (Å²) in [5.74, 6) is -0.993. The van der Waals surface area contributed by atoms with Crippen LogP contribution in [0.3, 0.4) is 0 Å². The van der Waals surface area contributed by atoms with E-state index >= 15 is 0 Å². The van der Waals surface area contributed by atoms with Crippen molar-refractivity contribution in [3.8, 4) is 0 Å². The Morgan fingerprint density at radius 3 is 2.25 bits per heavy atom. The highest BCUT2D eigenvalue weighted by atomic mass is 28.4. The van der Waals surface area contributed by atoms with Crippen LogP contribution in [0.5, 0.6) is 0 Å². The molecule has 0 spiro atoms. The van der Waals surface area contributed by atoms with E-state index in [1.807, 2.05) is 13.2 Å². The van der Waals surface area contributed by atoms with Crippen molar-refractivity contribution < 1.29 is 18.8 Å². The molecule has 1 saturated heterocycles. The molecular formula is C19H34O4Si. The zero-order valence-corrected chi connectivity index (χ0v) is 16.6. The van der Waals surface area contributed by atoms with Gasteiger partial charge in [-0.15, -0.1) is 0 Å². The Morgan fingerprint density at radius 1 is 1.04 bits per heavy atom. The first-order valence-corrected chi connectivity index (χ1v) is 12.5. The zero-order chi connectivity index (χ0) is 17.8. The molecule has 1 unspecified atom stereocenters. The number of carbonyl (C=O) groups is 2. The van der Waals surface area contributed by atoms with Gasteiger partial charge in [-0.25, -0.2) is 0 Å². The summed E-state index contributed by atoms with van der Waals surface area (Å²) in [6.07, 6.45) is 15.2. The van der Waals surface area contributed by atoms with Crippen molar-refractivity contribution in [2.24, 2.45) is 5.92 Å². The maximum atomic E-state index is 11.3. The number of ether oxygens (including phenoxy) is 1. The minimum Gasteiger partial charge on any atom is -0.420 e. The largest absolute Gasteiger partial charge is 0.420 e. The average molecular weight is 355 g/mol. The minimum atomic E-state index is -1.34. The Labute approximate surface area is 148 Å². The maximum absolute atomic E-state index is 11.3. The first-order chi connectivity index (χ1) is 11.4.